The van der Waals surface area contributed by atoms with Gasteiger partial charge in [0.05, 0.1) is 11.8 Å². The number of ether oxygens (including phenoxy) is 1. The van der Waals surface area contributed by atoms with E-state index < -0.39 is 5.97 Å². The Hall–Kier alpha value is -2.79. The van der Waals surface area contributed by atoms with Gasteiger partial charge in [0.1, 0.15) is 0 Å². The Balaban J connectivity index is 1.67. The minimum Gasteiger partial charge on any atom is -0.452 e. The maximum absolute atomic E-state index is 12.2. The maximum Gasteiger partial charge on any atom is 0.340 e. The predicted octanol–water partition coefficient (Wildman–Crippen LogP) is 4.39. The van der Waals surface area contributed by atoms with Crippen molar-refractivity contribution < 1.29 is 13.9 Å². The second-order valence-corrected chi connectivity index (χ2v) is 5.43. The number of hydrogen-bond acceptors (Lipinski definition) is 5. The monoisotopic (exact) mass is 342 g/mol. The van der Waals surface area contributed by atoms with Crippen molar-refractivity contribution in [3.8, 4) is 11.3 Å². The summed E-state index contributed by atoms with van der Waals surface area (Å²) in [6.45, 7) is -0.0372. The van der Waals surface area contributed by atoms with Crippen LogP contribution in [-0.2, 0) is 11.3 Å². The molecule has 0 saturated carbocycles. The van der Waals surface area contributed by atoms with Crippen molar-refractivity contribution in [2.24, 2.45) is 0 Å². The van der Waals surface area contributed by atoms with Gasteiger partial charge in [-0.05, 0) is 36.4 Å². The normalized spacial score (nSPS) is 10.4. The molecule has 0 aliphatic rings. The number of hydrogen-bond donors (Lipinski definition) is 1. The summed E-state index contributed by atoms with van der Waals surface area (Å²) in [6.07, 6.45) is 1.59. The predicted molar refractivity (Wildman–Crippen MR) is 92.1 cm³/mol. The van der Waals surface area contributed by atoms with Crippen LogP contribution >= 0.6 is 11.6 Å². The van der Waals surface area contributed by atoms with Gasteiger partial charge in [-0.1, -0.05) is 23.7 Å². The topological polar surface area (TPSA) is 64.4 Å². The molecular formula is C18H15ClN2O3. The molecule has 1 heterocycles. The van der Waals surface area contributed by atoms with Crippen LogP contribution in [0, 0.1) is 0 Å². The van der Waals surface area contributed by atoms with Crippen LogP contribution in [0.4, 0.5) is 5.69 Å². The molecule has 3 rings (SSSR count). The van der Waals surface area contributed by atoms with Gasteiger partial charge in [0.15, 0.2) is 12.4 Å². The number of halogens is 1. The standard InChI is InChI=1S/C18H15ClN2O3/c1-20-15-5-3-2-4-14(15)18(22)23-11-17-21-10-16(24-17)12-6-8-13(19)9-7-12/h2-10,20H,11H2,1H3. The van der Waals surface area contributed by atoms with Crippen molar-refractivity contribution in [3.05, 3.63) is 71.2 Å². The summed E-state index contributed by atoms with van der Waals surface area (Å²) in [4.78, 5) is 16.3. The molecule has 0 spiro atoms. The molecule has 0 bridgehead atoms. The third-order valence-electron chi connectivity index (χ3n) is 3.43. The zero-order valence-corrected chi connectivity index (χ0v) is 13.7. The lowest BCUT2D eigenvalue weighted by Gasteiger charge is -2.07. The number of nitrogens with zero attached hydrogens (tertiary/aromatic N) is 1. The largest absolute Gasteiger partial charge is 0.452 e. The van der Waals surface area contributed by atoms with Gasteiger partial charge >= 0.3 is 5.97 Å². The molecule has 0 unspecified atom stereocenters. The fraction of sp³-hybridized carbons (Fsp3) is 0.111. The van der Waals surface area contributed by atoms with Gasteiger partial charge in [-0.15, -0.1) is 0 Å². The van der Waals surface area contributed by atoms with E-state index in [2.05, 4.69) is 10.3 Å². The molecule has 0 amide bonds. The number of benzene rings is 2. The first kappa shape index (κ1) is 16.1. The van der Waals surface area contributed by atoms with Crippen molar-refractivity contribution in [2.45, 2.75) is 6.61 Å². The second kappa shape index (κ2) is 7.19. The highest BCUT2D eigenvalue weighted by Gasteiger charge is 2.14. The van der Waals surface area contributed by atoms with Crippen LogP contribution in [-0.4, -0.2) is 18.0 Å². The molecule has 5 nitrogen and oxygen atoms in total. The van der Waals surface area contributed by atoms with E-state index in [0.717, 1.165) is 5.56 Å². The smallest absolute Gasteiger partial charge is 0.340 e. The molecule has 1 aromatic heterocycles. The summed E-state index contributed by atoms with van der Waals surface area (Å²) < 4.78 is 10.9. The van der Waals surface area contributed by atoms with Gasteiger partial charge in [0.25, 0.3) is 0 Å². The van der Waals surface area contributed by atoms with Crippen LogP contribution in [0.25, 0.3) is 11.3 Å². The lowest BCUT2D eigenvalue weighted by atomic mass is 10.2. The number of esters is 1. The first-order valence-corrected chi connectivity index (χ1v) is 7.69. The van der Waals surface area contributed by atoms with Crippen LogP contribution < -0.4 is 5.32 Å². The summed E-state index contributed by atoms with van der Waals surface area (Å²) in [5.41, 5.74) is 2.02. The molecule has 0 aliphatic carbocycles. The van der Waals surface area contributed by atoms with Gasteiger partial charge in [0, 0.05) is 23.3 Å². The Kier molecular flexibility index (Phi) is 4.82. The van der Waals surface area contributed by atoms with E-state index in [-0.39, 0.29) is 6.61 Å². The van der Waals surface area contributed by atoms with E-state index in [4.69, 9.17) is 20.8 Å². The first-order chi connectivity index (χ1) is 11.7. The van der Waals surface area contributed by atoms with Crippen molar-refractivity contribution >= 4 is 23.3 Å². The number of anilines is 1. The zero-order chi connectivity index (χ0) is 16.9. The molecule has 2 aromatic carbocycles. The zero-order valence-electron chi connectivity index (χ0n) is 13.0. The number of rotatable bonds is 5. The molecule has 6 heteroatoms. The Morgan fingerprint density at radius 2 is 1.96 bits per heavy atom. The minimum atomic E-state index is -0.439. The van der Waals surface area contributed by atoms with E-state index in [9.17, 15) is 4.79 Å². The van der Waals surface area contributed by atoms with Crippen molar-refractivity contribution in [3.63, 3.8) is 0 Å². The van der Waals surface area contributed by atoms with E-state index in [1.54, 1.807) is 43.6 Å². The second-order valence-electron chi connectivity index (χ2n) is 5.00. The number of carbonyl (C=O) groups is 1. The lowest BCUT2D eigenvalue weighted by Crippen LogP contribution is -2.08. The van der Waals surface area contributed by atoms with Gasteiger partial charge in [-0.2, -0.15) is 0 Å². The van der Waals surface area contributed by atoms with Gasteiger partial charge < -0.3 is 14.5 Å². The van der Waals surface area contributed by atoms with Gasteiger partial charge in [0.2, 0.25) is 5.89 Å². The number of oxazole rings is 1. The summed E-state index contributed by atoms with van der Waals surface area (Å²) in [7, 11) is 1.75. The van der Waals surface area contributed by atoms with Crippen LogP contribution in [0.5, 0.6) is 0 Å². The first-order valence-electron chi connectivity index (χ1n) is 7.32. The summed E-state index contributed by atoms with van der Waals surface area (Å²) in [5.74, 6) is 0.481. The van der Waals surface area contributed by atoms with Crippen LogP contribution in [0.2, 0.25) is 5.02 Å². The van der Waals surface area contributed by atoms with Crippen molar-refractivity contribution in [2.75, 3.05) is 12.4 Å². The van der Waals surface area contributed by atoms with Crippen LogP contribution in [0.15, 0.2) is 59.1 Å². The van der Waals surface area contributed by atoms with E-state index in [1.807, 2.05) is 18.2 Å². The van der Waals surface area contributed by atoms with Crippen LogP contribution in [0.3, 0.4) is 0 Å². The SMILES string of the molecule is CNc1ccccc1C(=O)OCc1ncc(-c2ccc(Cl)cc2)o1. The van der Waals surface area contributed by atoms with E-state index in [0.29, 0.717) is 27.9 Å². The van der Waals surface area contributed by atoms with Gasteiger partial charge in [-0.3, -0.25) is 0 Å². The molecule has 0 saturated heterocycles. The maximum atomic E-state index is 12.2. The molecular weight excluding hydrogens is 328 g/mol. The Bertz CT molecular complexity index is 843. The molecule has 0 radical (unpaired) electrons. The lowest BCUT2D eigenvalue weighted by molar-refractivity contribution is 0.0440. The average Bonchev–Trinajstić information content (AvgIpc) is 3.09. The fourth-order valence-corrected chi connectivity index (χ4v) is 2.33. The third kappa shape index (κ3) is 3.58. The number of carbonyl (C=O) groups excluding carboxylic acids is 1. The fourth-order valence-electron chi connectivity index (χ4n) is 2.21. The molecule has 122 valence electrons. The Morgan fingerprint density at radius 3 is 2.71 bits per heavy atom. The van der Waals surface area contributed by atoms with Crippen LogP contribution in [0.1, 0.15) is 16.2 Å². The van der Waals surface area contributed by atoms with E-state index in [1.165, 1.54) is 0 Å². The molecule has 24 heavy (non-hydrogen) atoms. The molecule has 1 N–H and O–H groups in total. The van der Waals surface area contributed by atoms with E-state index >= 15 is 0 Å². The highest BCUT2D eigenvalue weighted by atomic mass is 35.5. The Morgan fingerprint density at radius 1 is 1.21 bits per heavy atom. The molecule has 0 atom stereocenters. The highest BCUT2D eigenvalue weighted by molar-refractivity contribution is 6.30. The molecule has 0 fully saturated rings. The number of aromatic nitrogens is 1. The summed E-state index contributed by atoms with van der Waals surface area (Å²) in [6, 6.07) is 14.3. The quantitative estimate of drug-likeness (QED) is 0.696. The van der Waals surface area contributed by atoms with Gasteiger partial charge in [-0.25, -0.2) is 9.78 Å². The summed E-state index contributed by atoms with van der Waals surface area (Å²) in [5, 5.41) is 3.60. The summed E-state index contributed by atoms with van der Waals surface area (Å²) >= 11 is 5.86. The minimum absolute atomic E-state index is 0.0372. The number of para-hydroxylation sites is 1. The van der Waals surface area contributed by atoms with Crippen molar-refractivity contribution in [1.82, 2.24) is 4.98 Å². The Labute approximate surface area is 144 Å². The highest BCUT2D eigenvalue weighted by Crippen LogP contribution is 2.23. The third-order valence-corrected chi connectivity index (χ3v) is 3.68. The molecule has 3 aromatic rings. The van der Waals surface area contributed by atoms with Crippen molar-refractivity contribution in [1.29, 1.82) is 0 Å². The molecule has 0 aliphatic heterocycles. The number of nitrogens with one attached hydrogen (secondary N) is 1. The average molecular weight is 343 g/mol.